The third-order valence-electron chi connectivity index (χ3n) is 6.67. The molecule has 0 bridgehead atoms. The SMILES string of the molecule is Cc1ccc(C2=C[C@H]3c4ccccc4OC4(CC[NH+](C(C)C)CC4)N3N2)cc1. The second kappa shape index (κ2) is 6.64. The molecule has 1 spiro atoms. The van der Waals surface area contributed by atoms with Gasteiger partial charge < -0.3 is 15.1 Å². The minimum Gasteiger partial charge on any atom is -0.470 e. The lowest BCUT2D eigenvalue weighted by Gasteiger charge is -2.51. The molecule has 0 radical (unpaired) electrons. The van der Waals surface area contributed by atoms with Crippen LogP contribution in [0.2, 0.25) is 0 Å². The summed E-state index contributed by atoms with van der Waals surface area (Å²) < 4.78 is 6.72. The highest BCUT2D eigenvalue weighted by Gasteiger charge is 2.52. The second-order valence-electron chi connectivity index (χ2n) is 8.77. The summed E-state index contributed by atoms with van der Waals surface area (Å²) in [7, 11) is 0. The number of piperidine rings is 1. The van der Waals surface area contributed by atoms with Gasteiger partial charge in [-0.1, -0.05) is 48.0 Å². The summed E-state index contributed by atoms with van der Waals surface area (Å²) in [4.78, 5) is 1.68. The summed E-state index contributed by atoms with van der Waals surface area (Å²) in [6.07, 6.45) is 4.44. The van der Waals surface area contributed by atoms with E-state index in [-0.39, 0.29) is 11.8 Å². The van der Waals surface area contributed by atoms with Gasteiger partial charge >= 0.3 is 0 Å². The Morgan fingerprint density at radius 2 is 1.79 bits per heavy atom. The van der Waals surface area contributed by atoms with Gasteiger partial charge in [0, 0.05) is 5.56 Å². The lowest BCUT2D eigenvalue weighted by atomic mass is 9.92. The van der Waals surface area contributed by atoms with Crippen molar-refractivity contribution in [3.8, 4) is 5.75 Å². The van der Waals surface area contributed by atoms with E-state index in [1.165, 1.54) is 22.4 Å². The van der Waals surface area contributed by atoms with E-state index >= 15 is 0 Å². The maximum absolute atomic E-state index is 6.72. The van der Waals surface area contributed by atoms with Crippen LogP contribution >= 0.6 is 0 Å². The van der Waals surface area contributed by atoms with E-state index in [2.05, 4.69) is 85.8 Å². The molecule has 2 N–H and O–H groups in total. The standard InChI is InChI=1S/C24H29N3O/c1-17(2)26-14-12-24(13-15-26)27-22(20-6-4-5-7-23(20)28-24)16-21(25-27)19-10-8-18(3)9-11-19/h4-11,16-17,22,25H,12-15H2,1-3H3/p+1/t22-/m0/s1. The minimum atomic E-state index is -0.277. The number of rotatable bonds is 2. The predicted molar refractivity (Wildman–Crippen MR) is 112 cm³/mol. The fourth-order valence-corrected chi connectivity index (χ4v) is 4.90. The molecule has 4 heteroatoms. The number of nitrogens with zero attached hydrogens (tertiary/aromatic N) is 1. The van der Waals surface area contributed by atoms with Crippen molar-refractivity contribution in [2.75, 3.05) is 13.1 Å². The smallest absolute Gasteiger partial charge is 0.191 e. The molecule has 1 saturated heterocycles. The molecule has 3 aliphatic rings. The number of likely N-dealkylation sites (tertiary alicyclic amines) is 1. The van der Waals surface area contributed by atoms with Gasteiger partial charge in [-0.25, -0.2) is 0 Å². The lowest BCUT2D eigenvalue weighted by Crippen LogP contribution is -3.16. The highest BCUT2D eigenvalue weighted by molar-refractivity contribution is 5.67. The van der Waals surface area contributed by atoms with Crippen LogP contribution in [0.15, 0.2) is 54.6 Å². The van der Waals surface area contributed by atoms with Crippen LogP contribution in [0.1, 0.15) is 49.4 Å². The van der Waals surface area contributed by atoms with Crippen LogP contribution in [0.25, 0.3) is 5.70 Å². The molecule has 0 unspecified atom stereocenters. The highest BCUT2D eigenvalue weighted by atomic mass is 16.5. The van der Waals surface area contributed by atoms with Crippen molar-refractivity contribution < 1.29 is 9.64 Å². The zero-order chi connectivity index (χ0) is 19.3. The number of fused-ring (bicyclic) bond motifs is 4. The summed E-state index contributed by atoms with van der Waals surface area (Å²) in [5.41, 5.74) is 8.41. The molecule has 1 atom stereocenters. The Morgan fingerprint density at radius 3 is 2.50 bits per heavy atom. The number of benzene rings is 2. The maximum atomic E-state index is 6.72. The normalized spacial score (nSPS) is 29.1. The topological polar surface area (TPSA) is 28.9 Å². The molecule has 3 heterocycles. The fraction of sp³-hybridized carbons (Fsp3) is 0.417. The molecule has 4 nitrogen and oxygen atoms in total. The molecule has 0 amide bonds. The monoisotopic (exact) mass is 376 g/mol. The fourth-order valence-electron chi connectivity index (χ4n) is 4.90. The van der Waals surface area contributed by atoms with Gasteiger partial charge in [0.05, 0.1) is 43.7 Å². The molecule has 2 aromatic carbocycles. The van der Waals surface area contributed by atoms with Crippen molar-refractivity contribution in [2.45, 2.75) is 51.4 Å². The van der Waals surface area contributed by atoms with Crippen molar-refractivity contribution in [1.29, 1.82) is 0 Å². The molecular formula is C24H30N3O+. The number of ether oxygens (including phenoxy) is 1. The molecule has 0 aliphatic carbocycles. The van der Waals surface area contributed by atoms with E-state index in [1.54, 1.807) is 4.90 Å². The first-order valence-corrected chi connectivity index (χ1v) is 10.5. The van der Waals surface area contributed by atoms with Gasteiger partial charge in [0.1, 0.15) is 5.75 Å². The van der Waals surface area contributed by atoms with Crippen LogP contribution in [-0.4, -0.2) is 29.9 Å². The van der Waals surface area contributed by atoms with Crippen molar-refractivity contribution in [2.24, 2.45) is 0 Å². The molecule has 28 heavy (non-hydrogen) atoms. The largest absolute Gasteiger partial charge is 0.470 e. The van der Waals surface area contributed by atoms with Gasteiger partial charge in [0.15, 0.2) is 5.72 Å². The Hall–Kier alpha value is -2.30. The Morgan fingerprint density at radius 1 is 1.07 bits per heavy atom. The van der Waals surface area contributed by atoms with E-state index in [9.17, 15) is 0 Å². The first-order chi connectivity index (χ1) is 13.6. The zero-order valence-corrected chi connectivity index (χ0v) is 17.0. The molecule has 5 rings (SSSR count). The highest BCUT2D eigenvalue weighted by Crippen LogP contribution is 2.47. The Bertz CT molecular complexity index is 894. The van der Waals surface area contributed by atoms with Gasteiger partial charge in [0.25, 0.3) is 0 Å². The lowest BCUT2D eigenvalue weighted by molar-refractivity contribution is -0.929. The van der Waals surface area contributed by atoms with Crippen LogP contribution < -0.4 is 15.1 Å². The van der Waals surface area contributed by atoms with Gasteiger partial charge in [-0.2, -0.15) is 5.01 Å². The number of para-hydroxylation sites is 1. The number of aryl methyl sites for hydroxylation is 1. The van der Waals surface area contributed by atoms with Crippen molar-refractivity contribution in [3.05, 3.63) is 71.3 Å². The average Bonchev–Trinajstić information content (AvgIpc) is 3.16. The van der Waals surface area contributed by atoms with E-state index < -0.39 is 0 Å². The quantitative estimate of drug-likeness (QED) is 0.844. The number of hydrogen-bond acceptors (Lipinski definition) is 3. The first kappa shape index (κ1) is 17.8. The van der Waals surface area contributed by atoms with Gasteiger partial charge in [-0.3, -0.25) is 0 Å². The van der Waals surface area contributed by atoms with Crippen molar-refractivity contribution in [1.82, 2.24) is 10.4 Å². The molecule has 2 aromatic rings. The van der Waals surface area contributed by atoms with Gasteiger partial charge in [-0.05, 0) is 38.5 Å². The summed E-state index contributed by atoms with van der Waals surface area (Å²) in [5, 5.41) is 2.39. The van der Waals surface area contributed by atoms with Crippen LogP contribution in [0.3, 0.4) is 0 Å². The second-order valence-corrected chi connectivity index (χ2v) is 8.77. The van der Waals surface area contributed by atoms with Crippen LogP contribution in [-0.2, 0) is 0 Å². The third-order valence-corrected chi connectivity index (χ3v) is 6.67. The summed E-state index contributed by atoms with van der Waals surface area (Å²) >= 11 is 0. The zero-order valence-electron chi connectivity index (χ0n) is 17.0. The van der Waals surface area contributed by atoms with Crippen LogP contribution in [0, 0.1) is 6.92 Å². The maximum Gasteiger partial charge on any atom is 0.191 e. The van der Waals surface area contributed by atoms with Crippen molar-refractivity contribution in [3.63, 3.8) is 0 Å². The molecule has 1 fully saturated rings. The van der Waals surface area contributed by atoms with Crippen LogP contribution in [0.4, 0.5) is 0 Å². The number of quaternary nitrogens is 1. The molecule has 3 aliphatic heterocycles. The summed E-state index contributed by atoms with van der Waals surface area (Å²) in [6.45, 7) is 9.05. The van der Waals surface area contributed by atoms with Gasteiger partial charge in [-0.15, -0.1) is 0 Å². The van der Waals surface area contributed by atoms with E-state index in [0.717, 1.165) is 31.7 Å². The number of hydrogen-bond donors (Lipinski definition) is 2. The van der Waals surface area contributed by atoms with E-state index in [0.29, 0.717) is 6.04 Å². The Balaban J connectivity index is 1.51. The Labute approximate surface area is 167 Å². The number of nitrogens with one attached hydrogen (secondary N) is 2. The molecular weight excluding hydrogens is 346 g/mol. The minimum absolute atomic E-state index is 0.210. The summed E-state index contributed by atoms with van der Waals surface area (Å²) in [5.74, 6) is 1.04. The number of hydrazine groups is 1. The average molecular weight is 377 g/mol. The Kier molecular flexibility index (Phi) is 4.22. The molecule has 0 aromatic heterocycles. The third kappa shape index (κ3) is 2.83. The molecule has 146 valence electrons. The van der Waals surface area contributed by atoms with Gasteiger partial charge in [0.2, 0.25) is 0 Å². The predicted octanol–water partition coefficient (Wildman–Crippen LogP) is 3.07. The van der Waals surface area contributed by atoms with E-state index in [4.69, 9.17) is 4.74 Å². The van der Waals surface area contributed by atoms with Crippen molar-refractivity contribution >= 4 is 5.70 Å². The van der Waals surface area contributed by atoms with E-state index in [1.807, 2.05) is 0 Å². The van der Waals surface area contributed by atoms with Crippen LogP contribution in [0.5, 0.6) is 5.75 Å². The summed E-state index contributed by atoms with van der Waals surface area (Å²) in [6, 6.07) is 18.2. The first-order valence-electron chi connectivity index (χ1n) is 10.5. The molecule has 0 saturated carbocycles.